The highest BCUT2D eigenvalue weighted by atomic mass is 28.4. The van der Waals surface area contributed by atoms with Crippen molar-refractivity contribution in [2.45, 2.75) is 69.2 Å². The molecule has 12 heteroatoms. The molecule has 280 valence electrons. The van der Waals surface area contributed by atoms with Crippen molar-refractivity contribution in [3.63, 3.8) is 0 Å². The number of carbonyl (C=O) groups is 3. The monoisotopic (exact) mass is 749 g/mol. The minimum atomic E-state index is -3.57. The maximum Gasteiger partial charge on any atom is 0.269 e. The van der Waals surface area contributed by atoms with Gasteiger partial charge < -0.3 is 33.2 Å². The van der Waals surface area contributed by atoms with Gasteiger partial charge >= 0.3 is 0 Å². The quantitative estimate of drug-likeness (QED) is 0.164. The number of nitrogens with zero attached hydrogens (tertiary/aromatic N) is 3. The van der Waals surface area contributed by atoms with Gasteiger partial charge in [-0.1, -0.05) is 55.5 Å². The maximum absolute atomic E-state index is 16.6. The second-order valence-corrected chi connectivity index (χ2v) is 19.0. The lowest BCUT2D eigenvalue weighted by molar-refractivity contribution is -0.151. The molecule has 0 radical (unpaired) electrons. The van der Waals surface area contributed by atoms with E-state index in [0.717, 1.165) is 16.7 Å². The average molecular weight is 750 g/mol. The van der Waals surface area contributed by atoms with E-state index < -0.39 is 37.6 Å². The molecule has 4 aliphatic heterocycles. The lowest BCUT2D eigenvalue weighted by atomic mass is 9.82. The second kappa shape index (κ2) is 13.7. The summed E-state index contributed by atoms with van der Waals surface area (Å²) in [6.45, 7) is 5.28. The van der Waals surface area contributed by atoms with Crippen molar-refractivity contribution in [2.75, 3.05) is 30.1 Å². The molecule has 4 aromatic carbocycles. The summed E-state index contributed by atoms with van der Waals surface area (Å²) in [4.78, 5) is 47.4. The number of amides is 3. The molecule has 1 N–H and O–H groups in total. The number of hydrogen-bond acceptors (Lipinski definition) is 7. The Hall–Kier alpha value is -5.04. The van der Waals surface area contributed by atoms with Gasteiger partial charge in [0.05, 0.1) is 50.2 Å². The van der Waals surface area contributed by atoms with E-state index in [-0.39, 0.29) is 43.9 Å². The van der Waals surface area contributed by atoms with Gasteiger partial charge in [0.1, 0.15) is 11.5 Å². The van der Waals surface area contributed by atoms with E-state index in [1.165, 1.54) is 0 Å². The Labute approximate surface area is 315 Å². The van der Waals surface area contributed by atoms with E-state index in [2.05, 4.69) is 0 Å². The molecule has 1 saturated heterocycles. The van der Waals surface area contributed by atoms with E-state index in [4.69, 9.17) is 14.2 Å². The van der Waals surface area contributed by atoms with Crippen LogP contribution in [0.25, 0.3) is 0 Å². The van der Waals surface area contributed by atoms with Gasteiger partial charge in [-0.25, -0.2) is 0 Å². The highest BCUT2D eigenvalue weighted by molar-refractivity contribution is 6.72. The van der Waals surface area contributed by atoms with Gasteiger partial charge in [-0.15, -0.1) is 0 Å². The van der Waals surface area contributed by atoms with Crippen LogP contribution in [-0.2, 0) is 44.2 Å². The van der Waals surface area contributed by atoms with Crippen LogP contribution in [0.3, 0.4) is 0 Å². The zero-order valence-corrected chi connectivity index (χ0v) is 31.8. The number of carbonyl (C=O) groups excluding carboxylic acids is 3. The molecule has 10 nitrogen and oxygen atoms in total. The standard InChI is InChI=1S/C42H44FN3O7Si/c1-26-40(54(3,4)43)37(21-38(48)44-23-29-12-6-5-11-28(29)19-31(44)24-47)53-42(26)33-20-32(51-2)16-17-34(33)45(41(42)50)22-27-10-9-13-30(18-27)46-35-14-7-8-15-36(35)52-25-39(46)49/h5-18,20,26,31,37,40,47H,19,21-25H2,1-4H3/t26-,31-,37+,40-,42+/m0/s1. The van der Waals surface area contributed by atoms with E-state index in [1.807, 2.05) is 85.8 Å². The highest BCUT2D eigenvalue weighted by Gasteiger charge is 2.67. The van der Waals surface area contributed by atoms with E-state index >= 15 is 8.90 Å². The summed E-state index contributed by atoms with van der Waals surface area (Å²) in [6.07, 6.45) is -0.487. The van der Waals surface area contributed by atoms with E-state index in [9.17, 15) is 14.7 Å². The number of halogens is 1. The molecule has 4 aliphatic rings. The normalized spacial score (nSPS) is 24.7. The van der Waals surface area contributed by atoms with Crippen LogP contribution in [0.2, 0.25) is 18.6 Å². The van der Waals surface area contributed by atoms with Crippen LogP contribution in [0.4, 0.5) is 21.2 Å². The summed E-state index contributed by atoms with van der Waals surface area (Å²) in [5.74, 6) is -0.282. The Morgan fingerprint density at radius 2 is 1.74 bits per heavy atom. The molecular weight excluding hydrogens is 706 g/mol. The number of aliphatic hydroxyl groups excluding tert-OH is 1. The van der Waals surface area contributed by atoms with Gasteiger partial charge in [0, 0.05) is 29.3 Å². The summed E-state index contributed by atoms with van der Waals surface area (Å²) in [5, 5.41) is 10.3. The molecular formula is C42H44FN3O7Si. The molecule has 5 atom stereocenters. The first-order valence-corrected chi connectivity index (χ1v) is 21.4. The maximum atomic E-state index is 16.6. The minimum absolute atomic E-state index is 0.0937. The lowest BCUT2D eigenvalue weighted by Gasteiger charge is -2.37. The third-order valence-electron chi connectivity index (χ3n) is 11.6. The smallest absolute Gasteiger partial charge is 0.269 e. The molecule has 0 aromatic heterocycles. The van der Waals surface area contributed by atoms with Crippen LogP contribution in [-0.4, -0.2) is 68.6 Å². The van der Waals surface area contributed by atoms with Crippen molar-refractivity contribution in [3.8, 4) is 11.5 Å². The van der Waals surface area contributed by atoms with Crippen LogP contribution in [0.1, 0.15) is 35.6 Å². The molecule has 8 rings (SSSR count). The van der Waals surface area contributed by atoms with Crippen LogP contribution in [0, 0.1) is 5.92 Å². The summed E-state index contributed by atoms with van der Waals surface area (Å²) >= 11 is 0. The summed E-state index contributed by atoms with van der Waals surface area (Å²) < 4.78 is 34.8. The molecule has 1 spiro atoms. The van der Waals surface area contributed by atoms with Crippen molar-refractivity contribution < 1.29 is 37.8 Å². The number of fused-ring (bicyclic) bond motifs is 4. The first-order chi connectivity index (χ1) is 25.9. The van der Waals surface area contributed by atoms with Crippen molar-refractivity contribution in [3.05, 3.63) is 113 Å². The van der Waals surface area contributed by atoms with Crippen LogP contribution >= 0.6 is 0 Å². The number of methoxy groups -OCH3 is 1. The third-order valence-corrected chi connectivity index (χ3v) is 14.1. The van der Waals surface area contributed by atoms with Crippen molar-refractivity contribution in [1.82, 2.24) is 4.90 Å². The predicted octanol–water partition coefficient (Wildman–Crippen LogP) is 6.41. The predicted molar refractivity (Wildman–Crippen MR) is 204 cm³/mol. The summed E-state index contributed by atoms with van der Waals surface area (Å²) in [7, 11) is -2.02. The third kappa shape index (κ3) is 5.87. The fourth-order valence-corrected chi connectivity index (χ4v) is 11.7. The summed E-state index contributed by atoms with van der Waals surface area (Å²) in [6, 6.07) is 27.7. The number of anilines is 3. The van der Waals surface area contributed by atoms with Crippen molar-refractivity contribution in [2.24, 2.45) is 5.92 Å². The molecule has 0 unspecified atom stereocenters. The number of rotatable bonds is 8. The molecule has 0 bridgehead atoms. The largest absolute Gasteiger partial charge is 0.497 e. The summed E-state index contributed by atoms with van der Waals surface area (Å²) in [5.41, 5.74) is 3.08. The van der Waals surface area contributed by atoms with Gasteiger partial charge in [-0.05, 0) is 78.7 Å². The number of aliphatic hydroxyl groups is 1. The van der Waals surface area contributed by atoms with Crippen LogP contribution in [0.5, 0.6) is 11.5 Å². The SMILES string of the molecule is COc1ccc2c(c1)[C@@]1(O[C@H](CC(=O)N3Cc4ccccc4C[C@H]3CO)[C@@H]([Si](C)(C)F)[C@@H]1C)C(=O)N2Cc1cccc(N2C(=O)COc3ccccc32)c1. The molecule has 54 heavy (non-hydrogen) atoms. The molecule has 3 amide bonds. The molecule has 4 aromatic rings. The van der Waals surface area contributed by atoms with E-state index in [1.54, 1.807) is 47.0 Å². The molecule has 0 saturated carbocycles. The Morgan fingerprint density at radius 3 is 2.50 bits per heavy atom. The topological polar surface area (TPSA) is 109 Å². The average Bonchev–Trinajstić information content (AvgIpc) is 3.59. The first-order valence-electron chi connectivity index (χ1n) is 18.4. The number of benzene rings is 4. The minimum Gasteiger partial charge on any atom is -0.497 e. The highest BCUT2D eigenvalue weighted by Crippen LogP contribution is 2.61. The van der Waals surface area contributed by atoms with Crippen molar-refractivity contribution >= 4 is 43.2 Å². The van der Waals surface area contributed by atoms with Gasteiger partial charge in [0.2, 0.25) is 14.3 Å². The van der Waals surface area contributed by atoms with E-state index in [0.29, 0.717) is 47.1 Å². The van der Waals surface area contributed by atoms with Gasteiger partial charge in [-0.3, -0.25) is 19.3 Å². The molecule has 0 aliphatic carbocycles. The van der Waals surface area contributed by atoms with Crippen LogP contribution in [0.15, 0.2) is 91.0 Å². The Balaban J connectivity index is 1.13. The van der Waals surface area contributed by atoms with Crippen molar-refractivity contribution in [1.29, 1.82) is 0 Å². The fourth-order valence-electron chi connectivity index (χ4n) is 9.20. The Kier molecular flexibility index (Phi) is 9.10. The lowest BCUT2D eigenvalue weighted by Crippen LogP contribution is -2.48. The van der Waals surface area contributed by atoms with Crippen LogP contribution < -0.4 is 19.3 Å². The number of para-hydroxylation sites is 2. The Bertz CT molecular complexity index is 2140. The first kappa shape index (κ1) is 36.0. The number of ether oxygens (including phenoxy) is 3. The van der Waals surface area contributed by atoms with Gasteiger partial charge in [0.15, 0.2) is 12.2 Å². The Morgan fingerprint density at radius 1 is 0.981 bits per heavy atom. The molecule has 1 fully saturated rings. The fraction of sp³-hybridized carbons (Fsp3) is 0.357. The molecule has 4 heterocycles. The van der Waals surface area contributed by atoms with Gasteiger partial charge in [0.25, 0.3) is 11.8 Å². The number of hydrogen-bond donors (Lipinski definition) is 1. The zero-order valence-electron chi connectivity index (χ0n) is 30.8. The second-order valence-electron chi connectivity index (χ2n) is 15.2. The van der Waals surface area contributed by atoms with Gasteiger partial charge in [-0.2, -0.15) is 0 Å². The zero-order chi connectivity index (χ0) is 37.9.